The summed E-state index contributed by atoms with van der Waals surface area (Å²) in [6.07, 6.45) is 7.62. The highest BCUT2D eigenvalue weighted by Crippen LogP contribution is 2.13. The van der Waals surface area contributed by atoms with Crippen molar-refractivity contribution in [3.05, 3.63) is 24.0 Å². The molecule has 1 aromatic rings. The lowest BCUT2D eigenvalue weighted by Gasteiger charge is -2.15. The Morgan fingerprint density at radius 3 is 2.89 bits per heavy atom. The van der Waals surface area contributed by atoms with Gasteiger partial charge in [-0.05, 0) is 25.5 Å². The number of hydrogen-bond acceptors (Lipinski definition) is 3. The van der Waals surface area contributed by atoms with E-state index < -0.39 is 5.97 Å². The first kappa shape index (κ1) is 14.5. The highest BCUT2D eigenvalue weighted by molar-refractivity contribution is 5.86. The van der Waals surface area contributed by atoms with Crippen LogP contribution in [0, 0.1) is 0 Å². The molecule has 0 saturated carbocycles. The number of rotatable bonds is 8. The second-order valence-corrected chi connectivity index (χ2v) is 4.63. The van der Waals surface area contributed by atoms with Crippen LogP contribution in [0.4, 0.5) is 5.69 Å². The second kappa shape index (κ2) is 7.69. The van der Waals surface area contributed by atoms with Crippen molar-refractivity contribution in [2.45, 2.75) is 52.0 Å². The SMILES string of the molecule is CCCCCCC(C)Nc1ccnc(C(=O)O)c1. The fourth-order valence-corrected chi connectivity index (χ4v) is 1.87. The van der Waals surface area contributed by atoms with Crippen molar-refractivity contribution in [3.63, 3.8) is 0 Å². The molecule has 1 unspecified atom stereocenters. The molecule has 2 N–H and O–H groups in total. The van der Waals surface area contributed by atoms with Crippen molar-refractivity contribution >= 4 is 11.7 Å². The van der Waals surface area contributed by atoms with Crippen molar-refractivity contribution in [2.75, 3.05) is 5.32 Å². The largest absolute Gasteiger partial charge is 0.477 e. The lowest BCUT2D eigenvalue weighted by molar-refractivity contribution is 0.0690. The number of nitrogens with one attached hydrogen (secondary N) is 1. The van der Waals surface area contributed by atoms with Crippen molar-refractivity contribution in [2.24, 2.45) is 0 Å². The number of aromatic carboxylic acids is 1. The van der Waals surface area contributed by atoms with Crippen LogP contribution in [0.3, 0.4) is 0 Å². The highest BCUT2D eigenvalue weighted by atomic mass is 16.4. The summed E-state index contributed by atoms with van der Waals surface area (Å²) >= 11 is 0. The molecule has 0 saturated heterocycles. The molecule has 1 atom stereocenters. The fraction of sp³-hybridized carbons (Fsp3) is 0.571. The van der Waals surface area contributed by atoms with Gasteiger partial charge in [-0.25, -0.2) is 9.78 Å². The topological polar surface area (TPSA) is 62.2 Å². The first-order valence-electron chi connectivity index (χ1n) is 6.59. The molecule has 18 heavy (non-hydrogen) atoms. The monoisotopic (exact) mass is 250 g/mol. The Labute approximate surface area is 108 Å². The quantitative estimate of drug-likeness (QED) is 0.693. The average Bonchev–Trinajstić information content (AvgIpc) is 2.35. The third-order valence-corrected chi connectivity index (χ3v) is 2.88. The Morgan fingerprint density at radius 2 is 2.22 bits per heavy atom. The lowest BCUT2D eigenvalue weighted by Crippen LogP contribution is -2.15. The smallest absolute Gasteiger partial charge is 0.354 e. The van der Waals surface area contributed by atoms with E-state index in [-0.39, 0.29) is 5.69 Å². The fourth-order valence-electron chi connectivity index (χ4n) is 1.87. The average molecular weight is 250 g/mol. The molecule has 1 rings (SSSR count). The van der Waals surface area contributed by atoms with E-state index in [1.165, 1.54) is 31.9 Å². The molecule has 4 nitrogen and oxygen atoms in total. The van der Waals surface area contributed by atoms with Crippen molar-refractivity contribution < 1.29 is 9.90 Å². The van der Waals surface area contributed by atoms with Gasteiger partial charge in [0.2, 0.25) is 0 Å². The lowest BCUT2D eigenvalue weighted by atomic mass is 10.1. The molecule has 0 aliphatic rings. The number of hydrogen-bond donors (Lipinski definition) is 2. The maximum atomic E-state index is 10.8. The number of unbranched alkanes of at least 4 members (excludes halogenated alkanes) is 3. The van der Waals surface area contributed by atoms with E-state index in [1.807, 2.05) is 0 Å². The molecule has 0 aliphatic carbocycles. The second-order valence-electron chi connectivity index (χ2n) is 4.63. The Kier molecular flexibility index (Phi) is 6.19. The van der Waals surface area contributed by atoms with Crippen molar-refractivity contribution in [1.29, 1.82) is 0 Å². The molecule has 0 aliphatic heterocycles. The summed E-state index contributed by atoms with van der Waals surface area (Å²) in [6.45, 7) is 4.32. The summed E-state index contributed by atoms with van der Waals surface area (Å²) in [7, 11) is 0. The van der Waals surface area contributed by atoms with Crippen molar-refractivity contribution in [3.8, 4) is 0 Å². The Balaban J connectivity index is 2.41. The third kappa shape index (κ3) is 5.17. The van der Waals surface area contributed by atoms with Gasteiger partial charge in [0, 0.05) is 17.9 Å². The van der Waals surface area contributed by atoms with Gasteiger partial charge in [-0.1, -0.05) is 32.6 Å². The Morgan fingerprint density at radius 1 is 1.44 bits per heavy atom. The first-order valence-corrected chi connectivity index (χ1v) is 6.59. The summed E-state index contributed by atoms with van der Waals surface area (Å²) in [4.78, 5) is 14.6. The zero-order chi connectivity index (χ0) is 13.4. The molecule has 0 amide bonds. The van der Waals surface area contributed by atoms with Crippen LogP contribution in [0.1, 0.15) is 56.4 Å². The standard InChI is InChI=1S/C14H22N2O2/c1-3-4-5-6-7-11(2)16-12-8-9-15-13(10-12)14(17)18/h8-11H,3-7H2,1-2H3,(H,15,16)(H,17,18). The molecule has 0 fully saturated rings. The van der Waals surface area contributed by atoms with E-state index in [2.05, 4.69) is 24.1 Å². The van der Waals surface area contributed by atoms with E-state index in [1.54, 1.807) is 12.1 Å². The molecule has 1 aromatic heterocycles. The molecule has 100 valence electrons. The maximum absolute atomic E-state index is 10.8. The zero-order valence-electron chi connectivity index (χ0n) is 11.1. The number of pyridine rings is 1. The van der Waals surface area contributed by atoms with Crippen molar-refractivity contribution in [1.82, 2.24) is 4.98 Å². The van der Waals surface area contributed by atoms with E-state index in [9.17, 15) is 4.79 Å². The van der Waals surface area contributed by atoms with Gasteiger partial charge in [-0.2, -0.15) is 0 Å². The summed E-state index contributed by atoms with van der Waals surface area (Å²) in [6, 6.07) is 3.73. The first-order chi connectivity index (χ1) is 8.63. The van der Waals surface area contributed by atoms with Gasteiger partial charge in [0.25, 0.3) is 0 Å². The maximum Gasteiger partial charge on any atom is 0.354 e. The minimum absolute atomic E-state index is 0.0817. The zero-order valence-corrected chi connectivity index (χ0v) is 11.1. The third-order valence-electron chi connectivity index (χ3n) is 2.88. The van der Waals surface area contributed by atoms with Gasteiger partial charge in [-0.3, -0.25) is 0 Å². The van der Waals surface area contributed by atoms with Crippen LogP contribution in [0.5, 0.6) is 0 Å². The van der Waals surface area contributed by atoms with Gasteiger partial charge < -0.3 is 10.4 Å². The highest BCUT2D eigenvalue weighted by Gasteiger charge is 2.07. The summed E-state index contributed by atoms with van der Waals surface area (Å²) < 4.78 is 0. The molecule has 1 heterocycles. The molecule has 4 heteroatoms. The molecule has 0 aromatic carbocycles. The number of carbonyl (C=O) groups is 1. The van der Waals surface area contributed by atoms with Crippen LogP contribution in [0.15, 0.2) is 18.3 Å². The van der Waals surface area contributed by atoms with Gasteiger partial charge in [-0.15, -0.1) is 0 Å². The normalized spacial score (nSPS) is 12.1. The summed E-state index contributed by atoms with van der Waals surface area (Å²) in [5.41, 5.74) is 0.906. The molecule has 0 bridgehead atoms. The number of aromatic nitrogens is 1. The van der Waals surface area contributed by atoms with Gasteiger partial charge in [0.1, 0.15) is 5.69 Å². The van der Waals surface area contributed by atoms with Crippen LogP contribution >= 0.6 is 0 Å². The Bertz CT molecular complexity index is 380. The number of carboxylic acid groups (broad SMARTS) is 1. The number of nitrogens with zero attached hydrogens (tertiary/aromatic N) is 1. The molecule has 0 spiro atoms. The van der Waals surface area contributed by atoms with Crippen LogP contribution in [0.2, 0.25) is 0 Å². The van der Waals surface area contributed by atoms with Crippen LogP contribution in [-0.4, -0.2) is 22.1 Å². The van der Waals surface area contributed by atoms with Crippen LogP contribution < -0.4 is 5.32 Å². The van der Waals surface area contributed by atoms with E-state index in [0.29, 0.717) is 6.04 Å². The van der Waals surface area contributed by atoms with E-state index >= 15 is 0 Å². The minimum atomic E-state index is -0.991. The van der Waals surface area contributed by atoms with E-state index in [4.69, 9.17) is 5.11 Å². The predicted molar refractivity (Wildman–Crippen MR) is 73.0 cm³/mol. The number of anilines is 1. The van der Waals surface area contributed by atoms with Crippen LogP contribution in [-0.2, 0) is 0 Å². The molecular formula is C14H22N2O2. The van der Waals surface area contributed by atoms with Gasteiger partial charge in [0.15, 0.2) is 0 Å². The van der Waals surface area contributed by atoms with Gasteiger partial charge >= 0.3 is 5.97 Å². The Hall–Kier alpha value is -1.58. The summed E-state index contributed by atoms with van der Waals surface area (Å²) in [5, 5.41) is 12.2. The predicted octanol–water partition coefficient (Wildman–Crippen LogP) is 3.55. The van der Waals surface area contributed by atoms with E-state index in [0.717, 1.165) is 12.1 Å². The van der Waals surface area contributed by atoms with Crippen LogP contribution in [0.25, 0.3) is 0 Å². The number of carboxylic acids is 1. The molecular weight excluding hydrogens is 228 g/mol. The molecule has 0 radical (unpaired) electrons. The minimum Gasteiger partial charge on any atom is -0.477 e. The van der Waals surface area contributed by atoms with Gasteiger partial charge in [0.05, 0.1) is 0 Å². The summed E-state index contributed by atoms with van der Waals surface area (Å²) in [5.74, 6) is -0.991.